The number of nitrogens with zero attached hydrogens (tertiary/aromatic N) is 2. The van der Waals surface area contributed by atoms with Gasteiger partial charge in [-0.05, 0) is 25.3 Å². The number of nitrogens with two attached hydrogens (primary N) is 1. The maximum Gasteiger partial charge on any atom is 0.255 e. The lowest BCUT2D eigenvalue weighted by Crippen LogP contribution is -2.16. The van der Waals surface area contributed by atoms with Gasteiger partial charge in [0.1, 0.15) is 16.5 Å². The summed E-state index contributed by atoms with van der Waals surface area (Å²) < 4.78 is 0. The maximum atomic E-state index is 11.6. The molecule has 0 unspecified atom stereocenters. The summed E-state index contributed by atoms with van der Waals surface area (Å²) in [5, 5.41) is 3.35. The molecule has 0 aliphatic rings. The maximum absolute atomic E-state index is 11.6. The van der Waals surface area contributed by atoms with Gasteiger partial charge < -0.3 is 11.1 Å². The Kier molecular flexibility index (Phi) is 4.99. The highest BCUT2D eigenvalue weighted by Crippen LogP contribution is 2.27. The number of benzene rings is 1. The number of hydrogen-bond donors (Lipinski definition) is 2. The molecule has 6 nitrogen and oxygen atoms in total. The second kappa shape index (κ2) is 6.76. The predicted molar refractivity (Wildman–Crippen MR) is 87.1 cm³/mol. The first-order chi connectivity index (χ1) is 10.4. The summed E-state index contributed by atoms with van der Waals surface area (Å²) in [4.78, 5) is 31.2. The summed E-state index contributed by atoms with van der Waals surface area (Å²) in [7, 11) is 0. The molecule has 1 aromatic heterocycles. The number of primary amides is 1. The van der Waals surface area contributed by atoms with Crippen LogP contribution in [0.4, 0.5) is 11.5 Å². The number of ketones is 1. The van der Waals surface area contributed by atoms with Gasteiger partial charge in [0, 0.05) is 11.3 Å². The van der Waals surface area contributed by atoms with Crippen LogP contribution >= 0.6 is 23.4 Å². The average Bonchev–Trinajstić information content (AvgIpc) is 2.46. The van der Waals surface area contributed by atoms with Gasteiger partial charge in [0.2, 0.25) is 0 Å². The predicted octanol–water partition coefficient (Wildman–Crippen LogP) is 2.90. The zero-order valence-corrected chi connectivity index (χ0v) is 13.5. The van der Waals surface area contributed by atoms with Crippen molar-refractivity contribution in [2.45, 2.75) is 12.1 Å². The van der Waals surface area contributed by atoms with Gasteiger partial charge in [0.15, 0.2) is 10.9 Å². The van der Waals surface area contributed by atoms with E-state index in [2.05, 4.69) is 15.3 Å². The molecule has 22 heavy (non-hydrogen) atoms. The molecule has 0 spiro atoms. The third-order valence-electron chi connectivity index (χ3n) is 2.81. The Morgan fingerprint density at radius 2 is 2.05 bits per heavy atom. The Bertz CT molecular complexity index is 752. The average molecular weight is 337 g/mol. The zero-order chi connectivity index (χ0) is 16.3. The molecule has 2 rings (SSSR count). The molecule has 0 saturated heterocycles. The van der Waals surface area contributed by atoms with Crippen LogP contribution in [0, 0.1) is 0 Å². The summed E-state index contributed by atoms with van der Waals surface area (Å²) in [6, 6.07) is 6.82. The lowest BCUT2D eigenvalue weighted by atomic mass is 10.1. The number of halogens is 1. The number of rotatable bonds is 5. The van der Waals surface area contributed by atoms with Crippen molar-refractivity contribution in [1.82, 2.24) is 9.97 Å². The first-order valence-electron chi connectivity index (χ1n) is 6.21. The van der Waals surface area contributed by atoms with Crippen LogP contribution in [0.25, 0.3) is 0 Å². The minimum absolute atomic E-state index is 0.00712. The van der Waals surface area contributed by atoms with Gasteiger partial charge in [-0.15, -0.1) is 0 Å². The summed E-state index contributed by atoms with van der Waals surface area (Å²) in [5.74, 6) is -0.593. The number of carbonyl (C=O) groups excluding carboxylic acids is 2. The number of hydrogen-bond acceptors (Lipinski definition) is 6. The first-order valence-corrected chi connectivity index (χ1v) is 7.82. The molecule has 114 valence electrons. The van der Waals surface area contributed by atoms with Crippen LogP contribution < -0.4 is 11.1 Å². The summed E-state index contributed by atoms with van der Waals surface area (Å²) in [5.41, 5.74) is 6.47. The van der Waals surface area contributed by atoms with E-state index in [4.69, 9.17) is 17.3 Å². The van der Waals surface area contributed by atoms with Crippen LogP contribution in [0.5, 0.6) is 0 Å². The molecule has 0 aliphatic heterocycles. The second-order valence-electron chi connectivity index (χ2n) is 4.35. The number of nitrogens with one attached hydrogen (secondary N) is 1. The van der Waals surface area contributed by atoms with E-state index >= 15 is 0 Å². The van der Waals surface area contributed by atoms with Crippen molar-refractivity contribution in [2.75, 3.05) is 11.6 Å². The first kappa shape index (κ1) is 16.3. The van der Waals surface area contributed by atoms with Gasteiger partial charge >= 0.3 is 0 Å². The van der Waals surface area contributed by atoms with E-state index in [0.29, 0.717) is 16.4 Å². The Labute approximate surface area is 136 Å². The molecule has 0 radical (unpaired) electrons. The van der Waals surface area contributed by atoms with Crippen molar-refractivity contribution in [3.05, 3.63) is 40.5 Å². The van der Waals surface area contributed by atoms with E-state index < -0.39 is 5.91 Å². The lowest BCUT2D eigenvalue weighted by molar-refractivity contribution is 0.0996. The van der Waals surface area contributed by atoms with E-state index in [1.54, 1.807) is 30.5 Å². The number of aromatic nitrogens is 2. The molecule has 0 atom stereocenters. The normalized spacial score (nSPS) is 10.3. The highest BCUT2D eigenvalue weighted by atomic mass is 35.5. The van der Waals surface area contributed by atoms with Crippen molar-refractivity contribution in [2.24, 2.45) is 5.73 Å². The van der Waals surface area contributed by atoms with Crippen LogP contribution in [0.2, 0.25) is 5.15 Å². The zero-order valence-electron chi connectivity index (χ0n) is 11.9. The van der Waals surface area contributed by atoms with Crippen LogP contribution in [0.1, 0.15) is 27.6 Å². The molecule has 0 saturated carbocycles. The number of carbonyl (C=O) groups is 2. The van der Waals surface area contributed by atoms with Crippen molar-refractivity contribution >= 4 is 46.6 Å². The summed E-state index contributed by atoms with van der Waals surface area (Å²) in [6.07, 6.45) is 1.79. The highest BCUT2D eigenvalue weighted by Gasteiger charge is 2.18. The molecule has 8 heteroatoms. The Morgan fingerprint density at radius 3 is 2.64 bits per heavy atom. The van der Waals surface area contributed by atoms with Crippen molar-refractivity contribution < 1.29 is 9.59 Å². The van der Waals surface area contributed by atoms with Crippen LogP contribution in [-0.2, 0) is 0 Å². The molecule has 1 aromatic carbocycles. The standard InChI is InChI=1S/C14H13ClN4O2S/c1-7(20)8-4-3-5-9(6-8)17-13-10(12(16)21)11(15)18-14(19-13)22-2/h3-6H,1-2H3,(H2,16,21)(H,17,18,19). The second-order valence-corrected chi connectivity index (χ2v) is 5.48. The van der Waals surface area contributed by atoms with E-state index in [1.165, 1.54) is 18.7 Å². The minimum atomic E-state index is -0.733. The van der Waals surface area contributed by atoms with Gasteiger partial charge in [-0.3, -0.25) is 9.59 Å². The highest BCUT2D eigenvalue weighted by molar-refractivity contribution is 7.98. The van der Waals surface area contributed by atoms with E-state index in [1.807, 2.05) is 0 Å². The number of thioether (sulfide) groups is 1. The molecule has 1 amide bonds. The fourth-order valence-corrected chi connectivity index (χ4v) is 2.44. The SMILES string of the molecule is CSc1nc(Cl)c(C(N)=O)c(Nc2cccc(C(C)=O)c2)n1. The Hall–Kier alpha value is -2.12. The minimum Gasteiger partial charge on any atom is -0.365 e. The van der Waals surface area contributed by atoms with E-state index in [0.717, 1.165) is 0 Å². The Morgan fingerprint density at radius 1 is 1.32 bits per heavy atom. The largest absolute Gasteiger partial charge is 0.365 e. The molecule has 2 aromatic rings. The molecule has 0 fully saturated rings. The third-order valence-corrected chi connectivity index (χ3v) is 3.63. The fourth-order valence-electron chi connectivity index (χ4n) is 1.77. The van der Waals surface area contributed by atoms with Gasteiger partial charge in [-0.25, -0.2) is 9.97 Å². The van der Waals surface area contributed by atoms with Crippen LogP contribution in [0.15, 0.2) is 29.4 Å². The summed E-state index contributed by atoms with van der Waals surface area (Å²) >= 11 is 7.28. The number of Topliss-reactive ketones (excluding diaryl/α,β-unsaturated/α-hetero) is 1. The molecule has 3 N–H and O–H groups in total. The fraction of sp³-hybridized carbons (Fsp3) is 0.143. The van der Waals surface area contributed by atoms with Gasteiger partial charge in [0.05, 0.1) is 0 Å². The lowest BCUT2D eigenvalue weighted by Gasteiger charge is -2.11. The van der Waals surface area contributed by atoms with E-state index in [9.17, 15) is 9.59 Å². The number of amides is 1. The van der Waals surface area contributed by atoms with Gasteiger partial charge in [-0.2, -0.15) is 0 Å². The van der Waals surface area contributed by atoms with Crippen LogP contribution in [-0.4, -0.2) is 27.9 Å². The Balaban J connectivity index is 2.48. The van der Waals surface area contributed by atoms with E-state index in [-0.39, 0.29) is 22.3 Å². The third kappa shape index (κ3) is 3.55. The van der Waals surface area contributed by atoms with Gasteiger partial charge in [0.25, 0.3) is 5.91 Å². The molecular formula is C14H13ClN4O2S. The topological polar surface area (TPSA) is 98.0 Å². The van der Waals surface area contributed by atoms with Crippen LogP contribution in [0.3, 0.4) is 0 Å². The number of anilines is 2. The smallest absolute Gasteiger partial charge is 0.255 e. The van der Waals surface area contributed by atoms with Crippen molar-refractivity contribution in [3.63, 3.8) is 0 Å². The molecular weight excluding hydrogens is 324 g/mol. The molecule has 1 heterocycles. The molecule has 0 bridgehead atoms. The molecule has 0 aliphatic carbocycles. The summed E-state index contributed by atoms with van der Waals surface area (Å²) in [6.45, 7) is 1.47. The monoisotopic (exact) mass is 336 g/mol. The van der Waals surface area contributed by atoms with Gasteiger partial charge in [-0.1, -0.05) is 35.5 Å². The quantitative estimate of drug-likeness (QED) is 0.377. The van der Waals surface area contributed by atoms with Crippen molar-refractivity contribution in [3.8, 4) is 0 Å². The van der Waals surface area contributed by atoms with Crippen molar-refractivity contribution in [1.29, 1.82) is 0 Å².